The van der Waals surface area contributed by atoms with Crippen LogP contribution in [0.4, 0.5) is 9.59 Å². The molecule has 0 aliphatic rings. The first-order chi connectivity index (χ1) is 5.31. The van der Waals surface area contributed by atoms with E-state index < -0.39 is 17.8 Å². The predicted molar refractivity (Wildman–Crippen MR) is 39.1 cm³/mol. The molecule has 0 spiro atoms. The molecule has 0 heterocycles. The topological polar surface area (TPSA) is 88.3 Å². The second-order valence-corrected chi connectivity index (χ2v) is 2.96. The van der Waals surface area contributed by atoms with E-state index in [4.69, 9.17) is 5.11 Å². The lowest BCUT2D eigenvalue weighted by atomic mass is 10.2. The molecule has 6 heteroatoms. The normalized spacial score (nSPS) is 11.6. The van der Waals surface area contributed by atoms with Gasteiger partial charge in [-0.2, -0.15) is 0 Å². The Morgan fingerprint density at radius 2 is 1.75 bits per heavy atom. The molecule has 0 aromatic carbocycles. The van der Waals surface area contributed by atoms with Gasteiger partial charge in [-0.15, -0.1) is 0 Å². The minimum atomic E-state index is -1.53. The highest BCUT2D eigenvalue weighted by molar-refractivity contribution is 5.72. The monoisotopic (exact) mass is 174 g/mol. The van der Waals surface area contributed by atoms with Crippen LogP contribution >= 0.6 is 0 Å². The molecule has 0 unspecified atom stereocenters. The highest BCUT2D eigenvalue weighted by atomic mass is 16.6. The Morgan fingerprint density at radius 1 is 1.25 bits per heavy atom. The smallest absolute Gasteiger partial charge is 0.453 e. The third-order valence-electron chi connectivity index (χ3n) is 0.611. The van der Waals surface area contributed by atoms with Crippen molar-refractivity contribution < 1.29 is 19.4 Å². The molecule has 0 bridgehead atoms. The van der Waals surface area contributed by atoms with E-state index in [2.05, 4.69) is 15.0 Å². The number of hydrogen-bond donors (Lipinski definition) is 1. The number of carbonyl (C=O) groups is 2. The van der Waals surface area contributed by atoms with Crippen LogP contribution in [-0.2, 0) is 4.74 Å². The Morgan fingerprint density at radius 3 is 2.08 bits per heavy atom. The van der Waals surface area contributed by atoms with Crippen molar-refractivity contribution in [3.8, 4) is 0 Å². The van der Waals surface area contributed by atoms with Gasteiger partial charge in [0.05, 0.1) is 0 Å². The van der Waals surface area contributed by atoms with Gasteiger partial charge in [-0.1, -0.05) is 10.2 Å². The van der Waals surface area contributed by atoms with E-state index in [1.54, 1.807) is 20.8 Å². The van der Waals surface area contributed by atoms with Crippen molar-refractivity contribution in [3.63, 3.8) is 0 Å². The quantitative estimate of drug-likeness (QED) is 0.569. The van der Waals surface area contributed by atoms with Crippen molar-refractivity contribution in [3.05, 3.63) is 0 Å². The number of amides is 2. The van der Waals surface area contributed by atoms with Crippen LogP contribution in [0.2, 0.25) is 0 Å². The molecule has 0 fully saturated rings. The van der Waals surface area contributed by atoms with Crippen LogP contribution in [0.1, 0.15) is 20.8 Å². The molecule has 0 aromatic rings. The highest BCUT2D eigenvalue weighted by Crippen LogP contribution is 2.07. The first-order valence-corrected chi connectivity index (χ1v) is 3.19. The average molecular weight is 174 g/mol. The fourth-order valence-electron chi connectivity index (χ4n) is 0.366. The molecule has 6 nitrogen and oxygen atoms in total. The number of rotatable bonds is 0. The lowest BCUT2D eigenvalue weighted by molar-refractivity contribution is 0.0588. The Balaban J connectivity index is 3.99. The van der Waals surface area contributed by atoms with Crippen LogP contribution < -0.4 is 0 Å². The summed E-state index contributed by atoms with van der Waals surface area (Å²) < 4.78 is 4.63. The minimum Gasteiger partial charge on any atom is -0.462 e. The Hall–Kier alpha value is -1.46. The maximum Gasteiger partial charge on any atom is 0.453 e. The van der Waals surface area contributed by atoms with Gasteiger partial charge in [0, 0.05) is 0 Å². The predicted octanol–water partition coefficient (Wildman–Crippen LogP) is 2.05. The summed E-state index contributed by atoms with van der Waals surface area (Å²) in [5.74, 6) is 0. The summed E-state index contributed by atoms with van der Waals surface area (Å²) in [6.45, 7) is 4.92. The standard InChI is InChI=1S/C6H10N2O4/c1-6(2,3)12-5(11)8-7-4(9)10/h1-3H3,(H,9,10)/b8-7+. The number of azo groups is 1. The Bertz CT molecular complexity index is 216. The van der Waals surface area contributed by atoms with Crippen molar-refractivity contribution in [1.82, 2.24) is 0 Å². The summed E-state index contributed by atoms with van der Waals surface area (Å²) in [6.07, 6.45) is -2.54. The Labute approximate surface area is 69.2 Å². The molecule has 0 atom stereocenters. The number of nitrogens with zero attached hydrogens (tertiary/aromatic N) is 2. The molecule has 0 aromatic heterocycles. The van der Waals surface area contributed by atoms with Crippen LogP contribution in [0.25, 0.3) is 0 Å². The minimum absolute atomic E-state index is 0.686. The Kier molecular flexibility index (Phi) is 3.33. The molecule has 0 rings (SSSR count). The number of carboxylic acid groups (broad SMARTS) is 1. The molecular weight excluding hydrogens is 164 g/mol. The molecule has 0 aliphatic heterocycles. The zero-order valence-corrected chi connectivity index (χ0v) is 7.07. The molecule has 0 radical (unpaired) electrons. The molecule has 0 saturated carbocycles. The van der Waals surface area contributed by atoms with E-state index in [0.717, 1.165) is 0 Å². The maximum absolute atomic E-state index is 10.6. The number of hydrogen-bond acceptors (Lipinski definition) is 3. The van der Waals surface area contributed by atoms with Crippen molar-refractivity contribution in [2.24, 2.45) is 10.2 Å². The molecule has 0 aliphatic carbocycles. The summed E-state index contributed by atoms with van der Waals surface area (Å²) in [6, 6.07) is 0. The summed E-state index contributed by atoms with van der Waals surface area (Å²) in [4.78, 5) is 20.4. The lowest BCUT2D eigenvalue weighted by Crippen LogP contribution is -2.21. The number of ether oxygens (including phenoxy) is 1. The van der Waals surface area contributed by atoms with Crippen molar-refractivity contribution in [1.29, 1.82) is 0 Å². The van der Waals surface area contributed by atoms with Gasteiger partial charge in [-0.3, -0.25) is 0 Å². The molecule has 0 saturated heterocycles. The summed E-state index contributed by atoms with van der Waals surface area (Å²) in [5, 5.41) is 13.3. The molecular formula is C6H10N2O4. The summed E-state index contributed by atoms with van der Waals surface area (Å²) in [5.41, 5.74) is -0.686. The van der Waals surface area contributed by atoms with E-state index in [0.29, 0.717) is 0 Å². The molecule has 2 amide bonds. The number of carbonyl (C=O) groups excluding carboxylic acids is 1. The fraction of sp³-hybridized carbons (Fsp3) is 0.667. The molecule has 12 heavy (non-hydrogen) atoms. The first kappa shape index (κ1) is 10.5. The third-order valence-corrected chi connectivity index (χ3v) is 0.611. The average Bonchev–Trinajstić information content (AvgIpc) is 1.79. The SMILES string of the molecule is CC(C)(C)OC(=O)/N=N/C(=O)O. The maximum atomic E-state index is 10.6. The van der Waals surface area contributed by atoms with E-state index in [-0.39, 0.29) is 0 Å². The molecule has 68 valence electrons. The van der Waals surface area contributed by atoms with Crippen molar-refractivity contribution >= 4 is 12.2 Å². The first-order valence-electron chi connectivity index (χ1n) is 3.19. The van der Waals surface area contributed by atoms with E-state index in [9.17, 15) is 9.59 Å². The molecule has 1 N–H and O–H groups in total. The van der Waals surface area contributed by atoms with Crippen molar-refractivity contribution in [2.45, 2.75) is 26.4 Å². The zero-order valence-electron chi connectivity index (χ0n) is 7.07. The van der Waals surface area contributed by atoms with Gasteiger partial charge in [0.15, 0.2) is 0 Å². The van der Waals surface area contributed by atoms with Gasteiger partial charge < -0.3 is 9.84 Å². The zero-order chi connectivity index (χ0) is 9.78. The van der Waals surface area contributed by atoms with Crippen LogP contribution in [0.5, 0.6) is 0 Å². The second-order valence-electron chi connectivity index (χ2n) is 2.96. The van der Waals surface area contributed by atoms with Crippen LogP contribution in [0.3, 0.4) is 0 Å². The second kappa shape index (κ2) is 3.80. The summed E-state index contributed by atoms with van der Waals surface area (Å²) >= 11 is 0. The summed E-state index contributed by atoms with van der Waals surface area (Å²) in [7, 11) is 0. The van der Waals surface area contributed by atoms with E-state index in [1.807, 2.05) is 0 Å². The van der Waals surface area contributed by atoms with E-state index in [1.165, 1.54) is 0 Å². The van der Waals surface area contributed by atoms with Gasteiger partial charge >= 0.3 is 12.2 Å². The van der Waals surface area contributed by atoms with Gasteiger partial charge in [0.25, 0.3) is 0 Å². The van der Waals surface area contributed by atoms with Crippen molar-refractivity contribution in [2.75, 3.05) is 0 Å². The fourth-order valence-corrected chi connectivity index (χ4v) is 0.366. The third kappa shape index (κ3) is 6.66. The highest BCUT2D eigenvalue weighted by Gasteiger charge is 2.15. The van der Waals surface area contributed by atoms with Gasteiger partial charge in [-0.25, -0.2) is 9.59 Å². The van der Waals surface area contributed by atoms with Crippen LogP contribution in [0.15, 0.2) is 10.2 Å². The van der Waals surface area contributed by atoms with Crippen LogP contribution in [0, 0.1) is 0 Å². The van der Waals surface area contributed by atoms with Gasteiger partial charge in [0.1, 0.15) is 5.60 Å². The van der Waals surface area contributed by atoms with Gasteiger partial charge in [-0.05, 0) is 20.8 Å². The lowest BCUT2D eigenvalue weighted by Gasteiger charge is -2.16. The largest absolute Gasteiger partial charge is 0.462 e. The van der Waals surface area contributed by atoms with Crippen LogP contribution in [-0.4, -0.2) is 22.9 Å². The van der Waals surface area contributed by atoms with E-state index >= 15 is 0 Å². The van der Waals surface area contributed by atoms with Gasteiger partial charge in [0.2, 0.25) is 0 Å².